The summed E-state index contributed by atoms with van der Waals surface area (Å²) in [5.41, 5.74) is 0.233. The molecule has 1 aromatic carbocycles. The molecule has 0 aromatic heterocycles. The van der Waals surface area contributed by atoms with Crippen molar-refractivity contribution in [2.45, 2.75) is 24.4 Å². The lowest BCUT2D eigenvalue weighted by Gasteiger charge is -2.31. The third kappa shape index (κ3) is 5.60. The highest BCUT2D eigenvalue weighted by Gasteiger charge is 2.45. The lowest BCUT2D eigenvalue weighted by molar-refractivity contribution is -0.0209. The number of nitrogens with zero attached hydrogens (tertiary/aromatic N) is 2. The average molecular weight is 404 g/mol. The van der Waals surface area contributed by atoms with Crippen LogP contribution in [0, 0.1) is 5.82 Å². The van der Waals surface area contributed by atoms with Gasteiger partial charge in [0.1, 0.15) is 18.0 Å². The quantitative estimate of drug-likeness (QED) is 0.574. The number of nitrogens with one attached hydrogen (secondary N) is 1. The minimum absolute atomic E-state index is 0.128. The zero-order valence-corrected chi connectivity index (χ0v) is 16.5. The number of carbonyl (C=O) groups is 1. The van der Waals surface area contributed by atoms with Crippen molar-refractivity contribution in [2.75, 3.05) is 47.4 Å². The van der Waals surface area contributed by atoms with Crippen LogP contribution in [0.1, 0.15) is 10.4 Å². The Morgan fingerprint density at radius 2 is 2.00 bits per heavy atom. The molecule has 7 nitrogen and oxygen atoms in total. The minimum atomic E-state index is -0.871. The zero-order chi connectivity index (χ0) is 20.1. The fourth-order valence-corrected chi connectivity index (χ4v) is 3.31. The fraction of sp³-hybridized carbons (Fsp3) is 0.611. The van der Waals surface area contributed by atoms with E-state index in [2.05, 4.69) is 5.32 Å². The molecule has 3 N–H and O–H groups in total. The monoisotopic (exact) mass is 403 g/mol. The highest BCUT2D eigenvalue weighted by molar-refractivity contribution is 6.31. The molecule has 0 unspecified atom stereocenters. The summed E-state index contributed by atoms with van der Waals surface area (Å²) in [7, 11) is 5.78. The Balaban J connectivity index is 2.02. The second kappa shape index (κ2) is 9.77. The number of aliphatic hydroxyl groups excluding tert-OH is 2. The van der Waals surface area contributed by atoms with Gasteiger partial charge in [0.25, 0.3) is 5.91 Å². The molecule has 1 aromatic rings. The molecule has 1 amide bonds. The molecule has 152 valence electrons. The number of aliphatic hydroxyl groups is 2. The second-order valence-electron chi connectivity index (χ2n) is 7.00. The molecule has 1 aliphatic rings. The van der Waals surface area contributed by atoms with Crippen molar-refractivity contribution in [3.63, 3.8) is 0 Å². The lowest BCUT2D eigenvalue weighted by atomic mass is 10.0. The van der Waals surface area contributed by atoms with Crippen molar-refractivity contribution in [1.82, 2.24) is 15.1 Å². The number of amides is 1. The zero-order valence-electron chi connectivity index (χ0n) is 15.7. The molecule has 0 spiro atoms. The second-order valence-corrected chi connectivity index (χ2v) is 7.41. The van der Waals surface area contributed by atoms with E-state index in [9.17, 15) is 19.4 Å². The van der Waals surface area contributed by atoms with Gasteiger partial charge in [0, 0.05) is 25.2 Å². The van der Waals surface area contributed by atoms with Gasteiger partial charge in [-0.15, -0.1) is 0 Å². The third-order valence-electron chi connectivity index (χ3n) is 4.70. The summed E-state index contributed by atoms with van der Waals surface area (Å²) in [5.74, 6) is -1.01. The number of ether oxygens (including phenoxy) is 1. The van der Waals surface area contributed by atoms with Crippen LogP contribution in [0.2, 0.25) is 5.02 Å². The van der Waals surface area contributed by atoms with Gasteiger partial charge in [0.15, 0.2) is 0 Å². The first-order chi connectivity index (χ1) is 12.7. The predicted molar refractivity (Wildman–Crippen MR) is 100 cm³/mol. The Bertz CT molecular complexity index is 649. The van der Waals surface area contributed by atoms with E-state index in [0.717, 1.165) is 12.6 Å². The minimum Gasteiger partial charge on any atom is -0.394 e. The van der Waals surface area contributed by atoms with Crippen molar-refractivity contribution in [2.24, 2.45) is 0 Å². The highest BCUT2D eigenvalue weighted by atomic mass is 35.5. The maximum absolute atomic E-state index is 13.2. The number of benzene rings is 1. The van der Waals surface area contributed by atoms with Crippen LogP contribution in [-0.2, 0) is 4.74 Å². The summed E-state index contributed by atoms with van der Waals surface area (Å²) in [6.07, 6.45) is -2.08. The topological polar surface area (TPSA) is 85.3 Å². The first kappa shape index (κ1) is 22.0. The molecule has 2 rings (SSSR count). The van der Waals surface area contributed by atoms with E-state index < -0.39 is 30.0 Å². The summed E-state index contributed by atoms with van der Waals surface area (Å²) in [4.78, 5) is 16.3. The number of halogens is 2. The normalized spacial score (nSPS) is 25.4. The van der Waals surface area contributed by atoms with Gasteiger partial charge in [0.05, 0.1) is 23.8 Å². The molecule has 4 atom stereocenters. The van der Waals surface area contributed by atoms with Crippen LogP contribution in [0.5, 0.6) is 0 Å². The van der Waals surface area contributed by atoms with Gasteiger partial charge < -0.3 is 25.2 Å². The molecule has 0 saturated carbocycles. The van der Waals surface area contributed by atoms with Crippen molar-refractivity contribution in [1.29, 1.82) is 0 Å². The Morgan fingerprint density at radius 3 is 2.59 bits per heavy atom. The first-order valence-corrected chi connectivity index (χ1v) is 9.15. The Hall–Kier alpha value is -1.29. The van der Waals surface area contributed by atoms with E-state index in [1.165, 1.54) is 12.1 Å². The number of hydrogen-bond acceptors (Lipinski definition) is 6. The van der Waals surface area contributed by atoms with Gasteiger partial charge in [0.2, 0.25) is 0 Å². The first-order valence-electron chi connectivity index (χ1n) is 8.77. The molecule has 0 bridgehead atoms. The average Bonchev–Trinajstić information content (AvgIpc) is 2.95. The number of carbonyl (C=O) groups excluding carboxylic acids is 1. The van der Waals surface area contributed by atoms with Gasteiger partial charge in [-0.05, 0) is 39.3 Å². The maximum Gasteiger partial charge on any atom is 0.251 e. The summed E-state index contributed by atoms with van der Waals surface area (Å²) in [6.45, 7) is 1.31. The van der Waals surface area contributed by atoms with E-state index in [1.807, 2.05) is 30.9 Å². The van der Waals surface area contributed by atoms with E-state index in [4.69, 9.17) is 16.3 Å². The van der Waals surface area contributed by atoms with Crippen molar-refractivity contribution >= 4 is 17.5 Å². The molecular formula is C18H27ClFN3O4. The molecule has 0 radical (unpaired) electrons. The number of likely N-dealkylation sites (N-methyl/N-ethyl adjacent to an activating group) is 2. The molecule has 0 aliphatic carbocycles. The standard InChI is InChI=1S/C18H27ClFN3O4/c1-22(2)6-7-23(3)16-14(27-15(10-24)17(16)25)9-21-18(26)11-4-5-13(20)12(19)8-11/h4-5,8,14-17,24-25H,6-7,9-10H2,1-3H3,(H,21,26)/t14-,15+,16+,17-/m1/s1. The third-order valence-corrected chi connectivity index (χ3v) is 4.99. The lowest BCUT2D eigenvalue weighted by Crippen LogP contribution is -2.51. The predicted octanol–water partition coefficient (Wildman–Crippen LogP) is 0.192. The molecule has 1 aliphatic heterocycles. The van der Waals surface area contributed by atoms with Gasteiger partial charge in [-0.3, -0.25) is 9.69 Å². The molecule has 1 heterocycles. The molecule has 1 saturated heterocycles. The summed E-state index contributed by atoms with van der Waals surface area (Å²) >= 11 is 5.72. The van der Waals surface area contributed by atoms with Crippen molar-refractivity contribution in [3.8, 4) is 0 Å². The summed E-state index contributed by atoms with van der Waals surface area (Å²) < 4.78 is 19.0. The SMILES string of the molecule is CN(C)CCN(C)[C@@H]1[C@H](O)[C@H](CO)O[C@@H]1CNC(=O)c1ccc(F)c(Cl)c1. The van der Waals surface area contributed by atoms with E-state index in [-0.39, 0.29) is 29.8 Å². The Kier molecular flexibility index (Phi) is 7.96. The van der Waals surface area contributed by atoms with Crippen molar-refractivity contribution < 1.29 is 24.1 Å². The van der Waals surface area contributed by atoms with Crippen LogP contribution < -0.4 is 5.32 Å². The van der Waals surface area contributed by atoms with Crippen LogP contribution >= 0.6 is 11.6 Å². The smallest absolute Gasteiger partial charge is 0.251 e. The van der Waals surface area contributed by atoms with Gasteiger partial charge in [-0.2, -0.15) is 0 Å². The molecule has 27 heavy (non-hydrogen) atoms. The van der Waals surface area contributed by atoms with E-state index >= 15 is 0 Å². The summed E-state index contributed by atoms with van der Waals surface area (Å²) in [6, 6.07) is 3.36. The highest BCUT2D eigenvalue weighted by Crippen LogP contribution is 2.25. The molecule has 9 heteroatoms. The Labute approximate surface area is 163 Å². The molecule has 1 fully saturated rings. The number of rotatable bonds is 8. The van der Waals surface area contributed by atoms with Crippen LogP contribution in [-0.4, -0.2) is 97.7 Å². The maximum atomic E-state index is 13.2. The van der Waals surface area contributed by atoms with Crippen LogP contribution in [0.4, 0.5) is 4.39 Å². The fourth-order valence-electron chi connectivity index (χ4n) is 3.13. The van der Waals surface area contributed by atoms with E-state index in [1.54, 1.807) is 0 Å². The van der Waals surface area contributed by atoms with Crippen LogP contribution in [0.3, 0.4) is 0 Å². The van der Waals surface area contributed by atoms with Gasteiger partial charge >= 0.3 is 0 Å². The van der Waals surface area contributed by atoms with Crippen LogP contribution in [0.15, 0.2) is 18.2 Å². The van der Waals surface area contributed by atoms with Gasteiger partial charge in [-0.1, -0.05) is 11.6 Å². The Morgan fingerprint density at radius 1 is 1.30 bits per heavy atom. The van der Waals surface area contributed by atoms with Crippen LogP contribution in [0.25, 0.3) is 0 Å². The van der Waals surface area contributed by atoms with Crippen molar-refractivity contribution in [3.05, 3.63) is 34.6 Å². The van der Waals surface area contributed by atoms with E-state index in [0.29, 0.717) is 6.54 Å². The largest absolute Gasteiger partial charge is 0.394 e. The molecular weight excluding hydrogens is 377 g/mol. The summed E-state index contributed by atoms with van der Waals surface area (Å²) in [5, 5.41) is 22.5. The number of hydrogen-bond donors (Lipinski definition) is 3. The van der Waals surface area contributed by atoms with Gasteiger partial charge in [-0.25, -0.2) is 4.39 Å².